The number of rotatable bonds is 1. The summed E-state index contributed by atoms with van der Waals surface area (Å²) >= 11 is 6.66. The van der Waals surface area contributed by atoms with Crippen molar-refractivity contribution in [3.8, 4) is 0 Å². The molecule has 0 aliphatic rings. The highest BCUT2D eigenvalue weighted by Gasteiger charge is 2.20. The summed E-state index contributed by atoms with van der Waals surface area (Å²) < 4.78 is 2.62. The molecule has 0 saturated carbocycles. The first-order valence-electron chi connectivity index (χ1n) is 6.22. The number of hydrogen-bond donors (Lipinski definition) is 1. The Balaban J connectivity index is 2.20. The molecule has 112 valence electrons. The summed E-state index contributed by atoms with van der Waals surface area (Å²) in [5, 5.41) is 0. The second kappa shape index (κ2) is 5.40. The van der Waals surface area contributed by atoms with Gasteiger partial charge in [-0.25, -0.2) is 19.5 Å². The fourth-order valence-electron chi connectivity index (χ4n) is 2.03. The molecule has 3 aromatic rings. The number of carbonyl (C=O) groups excluding carboxylic acids is 1. The average molecular weight is 426 g/mol. The van der Waals surface area contributed by atoms with Gasteiger partial charge < -0.3 is 5.73 Å². The van der Waals surface area contributed by atoms with Crippen molar-refractivity contribution in [2.75, 3.05) is 5.73 Å². The van der Waals surface area contributed by atoms with Crippen molar-refractivity contribution < 1.29 is 4.79 Å². The molecule has 0 aliphatic heterocycles. The summed E-state index contributed by atoms with van der Waals surface area (Å²) in [5.74, 6) is -0.258. The number of aromatic nitrogens is 5. The average Bonchev–Trinajstić information content (AvgIpc) is 2.88. The van der Waals surface area contributed by atoms with Gasteiger partial charge in [-0.2, -0.15) is 4.98 Å². The van der Waals surface area contributed by atoms with Crippen LogP contribution in [0.25, 0.3) is 11.2 Å². The molecular formula is C13H10Br2N6O. The Morgan fingerprint density at radius 2 is 1.91 bits per heavy atom. The summed E-state index contributed by atoms with van der Waals surface area (Å²) in [4.78, 5) is 29.2. The van der Waals surface area contributed by atoms with E-state index in [1.807, 2.05) is 13.8 Å². The highest BCUT2D eigenvalue weighted by Crippen LogP contribution is 2.24. The third-order valence-electron chi connectivity index (χ3n) is 3.38. The Labute approximate surface area is 142 Å². The van der Waals surface area contributed by atoms with Gasteiger partial charge in [0.2, 0.25) is 5.95 Å². The van der Waals surface area contributed by atoms with E-state index in [4.69, 9.17) is 5.73 Å². The quantitative estimate of drug-likeness (QED) is 0.601. The maximum atomic E-state index is 12.8. The predicted octanol–water partition coefficient (Wildman–Crippen LogP) is 2.63. The number of carbonyl (C=O) groups is 1. The van der Waals surface area contributed by atoms with Gasteiger partial charge in [0, 0.05) is 10.7 Å². The maximum absolute atomic E-state index is 12.8. The highest BCUT2D eigenvalue weighted by molar-refractivity contribution is 9.10. The summed E-state index contributed by atoms with van der Waals surface area (Å²) in [7, 11) is 0. The van der Waals surface area contributed by atoms with Crippen LogP contribution in [0, 0.1) is 13.8 Å². The van der Waals surface area contributed by atoms with E-state index in [9.17, 15) is 4.79 Å². The van der Waals surface area contributed by atoms with Gasteiger partial charge in [-0.05, 0) is 56.8 Å². The Bertz CT molecular complexity index is 921. The smallest absolute Gasteiger partial charge is 0.283 e. The normalized spacial score (nSPS) is 11.1. The molecule has 7 nitrogen and oxygen atoms in total. The minimum atomic E-state index is -0.319. The van der Waals surface area contributed by atoms with Crippen LogP contribution >= 0.6 is 31.9 Å². The molecule has 0 aromatic carbocycles. The van der Waals surface area contributed by atoms with Crippen LogP contribution in [0.2, 0.25) is 0 Å². The molecule has 3 heterocycles. The lowest BCUT2D eigenvalue weighted by Gasteiger charge is -2.09. The van der Waals surface area contributed by atoms with Crippen LogP contribution < -0.4 is 5.73 Å². The van der Waals surface area contributed by atoms with E-state index in [2.05, 4.69) is 51.8 Å². The number of imidazole rings is 1. The van der Waals surface area contributed by atoms with Crippen LogP contribution in [0.4, 0.5) is 5.95 Å². The van der Waals surface area contributed by atoms with E-state index in [0.717, 1.165) is 15.6 Å². The largest absolute Gasteiger partial charge is 0.368 e. The first kappa shape index (κ1) is 15.0. The number of nitrogen functional groups attached to an aromatic ring is 1. The topological polar surface area (TPSA) is 99.6 Å². The first-order valence-corrected chi connectivity index (χ1v) is 7.81. The highest BCUT2D eigenvalue weighted by atomic mass is 79.9. The lowest BCUT2D eigenvalue weighted by molar-refractivity contribution is 0.0958. The molecule has 0 amide bonds. The minimum absolute atomic E-state index is 0.0607. The van der Waals surface area contributed by atoms with Crippen LogP contribution in [0.15, 0.2) is 21.6 Å². The van der Waals surface area contributed by atoms with Gasteiger partial charge >= 0.3 is 0 Å². The van der Waals surface area contributed by atoms with Crippen molar-refractivity contribution in [3.63, 3.8) is 0 Å². The van der Waals surface area contributed by atoms with Gasteiger partial charge in [-0.1, -0.05) is 0 Å². The molecule has 0 aliphatic carbocycles. The van der Waals surface area contributed by atoms with Gasteiger partial charge in [0.15, 0.2) is 5.65 Å². The van der Waals surface area contributed by atoms with Crippen LogP contribution in [0.1, 0.15) is 21.6 Å². The summed E-state index contributed by atoms with van der Waals surface area (Å²) in [6.45, 7) is 3.76. The number of nitrogens with two attached hydrogens (primary N) is 1. The molecular weight excluding hydrogens is 416 g/mol. The molecule has 0 unspecified atom stereocenters. The van der Waals surface area contributed by atoms with Crippen LogP contribution in [-0.2, 0) is 0 Å². The van der Waals surface area contributed by atoms with Gasteiger partial charge in [0.05, 0.1) is 0 Å². The Morgan fingerprint density at radius 1 is 1.18 bits per heavy atom. The van der Waals surface area contributed by atoms with Crippen LogP contribution in [0.5, 0.6) is 0 Å². The van der Waals surface area contributed by atoms with Gasteiger partial charge in [-0.3, -0.25) is 4.79 Å². The van der Waals surface area contributed by atoms with Crippen molar-refractivity contribution in [3.05, 3.63) is 38.4 Å². The predicted molar refractivity (Wildman–Crippen MR) is 88.6 cm³/mol. The third-order valence-corrected chi connectivity index (χ3v) is 4.73. The van der Waals surface area contributed by atoms with E-state index in [0.29, 0.717) is 21.5 Å². The monoisotopic (exact) mass is 424 g/mol. The van der Waals surface area contributed by atoms with Crippen molar-refractivity contribution >= 4 is 54.9 Å². The summed E-state index contributed by atoms with van der Waals surface area (Å²) in [5.41, 5.74) is 8.54. The zero-order valence-electron chi connectivity index (χ0n) is 11.6. The number of fused-ring (bicyclic) bond motifs is 1. The number of anilines is 1. The molecule has 0 radical (unpaired) electrons. The van der Waals surface area contributed by atoms with E-state index >= 15 is 0 Å². The number of halogens is 2. The standard InChI is InChI=1S/C13H10Br2N6O/c1-5-6(2)8(17-3-7(5)14)12(22)21-4-18-9-10(15)19-13(16)20-11(9)21/h3-4H,1-2H3,(H2,16,19,20). The zero-order chi connectivity index (χ0) is 16.0. The Morgan fingerprint density at radius 3 is 2.64 bits per heavy atom. The molecule has 9 heteroatoms. The Kier molecular flexibility index (Phi) is 3.69. The summed E-state index contributed by atoms with van der Waals surface area (Å²) in [6.07, 6.45) is 3.00. The van der Waals surface area contributed by atoms with E-state index in [1.54, 1.807) is 6.20 Å². The SMILES string of the molecule is Cc1c(Br)cnc(C(=O)n2cnc3c(Br)nc(N)nc32)c1C. The first-order chi connectivity index (χ1) is 10.4. The van der Waals surface area contributed by atoms with Crippen LogP contribution in [0.3, 0.4) is 0 Å². The zero-order valence-corrected chi connectivity index (χ0v) is 14.8. The Hall–Kier alpha value is -1.87. The van der Waals surface area contributed by atoms with Gasteiger partial charge in [0.1, 0.15) is 22.1 Å². The number of hydrogen-bond acceptors (Lipinski definition) is 6. The second-order valence-electron chi connectivity index (χ2n) is 4.67. The fraction of sp³-hybridized carbons (Fsp3) is 0.154. The molecule has 0 fully saturated rings. The summed E-state index contributed by atoms with van der Waals surface area (Å²) in [6, 6.07) is 0. The van der Waals surface area contributed by atoms with E-state index in [-0.39, 0.29) is 11.9 Å². The molecule has 0 atom stereocenters. The van der Waals surface area contributed by atoms with Gasteiger partial charge in [0.25, 0.3) is 5.91 Å². The molecule has 2 N–H and O–H groups in total. The molecule has 0 spiro atoms. The van der Waals surface area contributed by atoms with Gasteiger partial charge in [-0.15, -0.1) is 0 Å². The maximum Gasteiger partial charge on any atom is 0.283 e. The third kappa shape index (κ3) is 2.30. The fourth-order valence-corrected chi connectivity index (χ4v) is 2.89. The molecule has 3 rings (SSSR count). The van der Waals surface area contributed by atoms with Crippen molar-refractivity contribution in [2.45, 2.75) is 13.8 Å². The van der Waals surface area contributed by atoms with Crippen molar-refractivity contribution in [1.82, 2.24) is 24.5 Å². The lowest BCUT2D eigenvalue weighted by atomic mass is 10.1. The number of nitrogens with zero attached hydrogens (tertiary/aromatic N) is 5. The molecule has 0 saturated heterocycles. The van der Waals surface area contributed by atoms with E-state index in [1.165, 1.54) is 10.9 Å². The second-order valence-corrected chi connectivity index (χ2v) is 6.27. The molecule has 22 heavy (non-hydrogen) atoms. The van der Waals surface area contributed by atoms with Crippen molar-refractivity contribution in [1.29, 1.82) is 0 Å². The minimum Gasteiger partial charge on any atom is -0.368 e. The number of pyridine rings is 1. The van der Waals surface area contributed by atoms with E-state index < -0.39 is 0 Å². The lowest BCUT2D eigenvalue weighted by Crippen LogP contribution is -2.16. The molecule has 0 bridgehead atoms. The van der Waals surface area contributed by atoms with Crippen molar-refractivity contribution in [2.24, 2.45) is 0 Å². The molecule has 3 aromatic heterocycles. The van der Waals surface area contributed by atoms with Crippen LogP contribution in [-0.4, -0.2) is 30.4 Å².